The van der Waals surface area contributed by atoms with Crippen LogP contribution >= 0.6 is 12.2 Å². The molecule has 0 saturated carbocycles. The predicted molar refractivity (Wildman–Crippen MR) is 128 cm³/mol. The number of ether oxygens (including phenoxy) is 1. The first kappa shape index (κ1) is 24.6. The Hall–Kier alpha value is -3.02. The van der Waals surface area contributed by atoms with Crippen LogP contribution in [0.5, 0.6) is 5.75 Å². The Kier molecular flexibility index (Phi) is 7.67. The monoisotopic (exact) mass is 491 g/mol. The molecule has 0 radical (unpaired) electrons. The van der Waals surface area contributed by atoms with Gasteiger partial charge in [0.2, 0.25) is 5.88 Å². The van der Waals surface area contributed by atoms with Crippen LogP contribution in [0.4, 0.5) is 5.69 Å². The number of hydrogen-bond acceptors (Lipinski definition) is 7. The number of hydrogen-bond donors (Lipinski definition) is 1. The maximum absolute atomic E-state index is 12.8. The highest BCUT2D eigenvalue weighted by Gasteiger charge is 2.38. The SMILES string of the molecule is CCCN1C(=O)C(=CC=CC=C2Oc3ccccc3N2CS(=O)(=O)O)C(=O)N(CCC)C1=S. The summed E-state index contributed by atoms with van der Waals surface area (Å²) in [6, 6.07) is 6.80. The van der Waals surface area contributed by atoms with Crippen molar-refractivity contribution in [2.45, 2.75) is 26.7 Å². The first-order valence-electron chi connectivity index (χ1n) is 10.4. The minimum absolute atomic E-state index is 0.00873. The van der Waals surface area contributed by atoms with Gasteiger partial charge in [0.15, 0.2) is 16.7 Å². The third kappa shape index (κ3) is 5.49. The fourth-order valence-corrected chi connectivity index (χ4v) is 4.39. The molecule has 2 aliphatic heterocycles. The minimum Gasteiger partial charge on any atom is -0.439 e. The molecule has 3 rings (SSSR count). The Labute approximate surface area is 198 Å². The molecule has 1 aromatic rings. The van der Waals surface area contributed by atoms with Crippen LogP contribution in [-0.2, 0) is 19.7 Å². The normalized spacial score (nSPS) is 17.9. The minimum atomic E-state index is -4.32. The molecule has 0 aromatic heterocycles. The molecule has 0 aliphatic carbocycles. The Balaban J connectivity index is 1.87. The van der Waals surface area contributed by atoms with E-state index in [2.05, 4.69) is 0 Å². The summed E-state index contributed by atoms with van der Waals surface area (Å²) in [6.45, 7) is 4.66. The molecule has 1 fully saturated rings. The van der Waals surface area contributed by atoms with E-state index in [0.717, 1.165) is 0 Å². The lowest BCUT2D eigenvalue weighted by molar-refractivity contribution is -0.133. The number of anilines is 1. The van der Waals surface area contributed by atoms with Gasteiger partial charge in [-0.3, -0.25) is 28.8 Å². The fraction of sp³-hybridized carbons (Fsp3) is 0.318. The number of fused-ring (bicyclic) bond motifs is 1. The van der Waals surface area contributed by atoms with Crippen LogP contribution in [0.25, 0.3) is 0 Å². The lowest BCUT2D eigenvalue weighted by atomic mass is 10.1. The van der Waals surface area contributed by atoms with Crippen LogP contribution in [0, 0.1) is 0 Å². The van der Waals surface area contributed by atoms with E-state index in [-0.39, 0.29) is 16.6 Å². The lowest BCUT2D eigenvalue weighted by Gasteiger charge is -2.36. The summed E-state index contributed by atoms with van der Waals surface area (Å²) in [5.74, 6) is -0.970. The number of carbonyl (C=O) groups excluding carboxylic acids is 2. The Bertz CT molecular complexity index is 1130. The van der Waals surface area contributed by atoms with Crippen molar-refractivity contribution < 1.29 is 27.3 Å². The summed E-state index contributed by atoms with van der Waals surface area (Å²) in [5, 5.41) is 0.218. The van der Waals surface area contributed by atoms with E-state index in [1.54, 1.807) is 24.3 Å². The highest BCUT2D eigenvalue weighted by atomic mass is 32.2. The van der Waals surface area contributed by atoms with Gasteiger partial charge in [0.1, 0.15) is 5.57 Å². The first-order chi connectivity index (χ1) is 15.7. The molecule has 0 atom stereocenters. The van der Waals surface area contributed by atoms with E-state index in [4.69, 9.17) is 17.0 Å². The Morgan fingerprint density at radius 2 is 1.55 bits per heavy atom. The molecule has 1 aromatic carbocycles. The summed E-state index contributed by atoms with van der Waals surface area (Å²) in [6.07, 6.45) is 7.29. The van der Waals surface area contributed by atoms with Crippen LogP contribution in [0.3, 0.4) is 0 Å². The van der Waals surface area contributed by atoms with Crippen LogP contribution in [0.1, 0.15) is 26.7 Å². The molecule has 0 unspecified atom stereocenters. The van der Waals surface area contributed by atoms with E-state index < -0.39 is 27.8 Å². The molecule has 2 heterocycles. The molecule has 2 amide bonds. The number of benzene rings is 1. The topological polar surface area (TPSA) is 107 Å². The van der Waals surface area contributed by atoms with Gasteiger partial charge in [-0.1, -0.05) is 38.1 Å². The number of para-hydroxylation sites is 2. The molecule has 0 spiro atoms. The predicted octanol–water partition coefficient (Wildman–Crippen LogP) is 2.83. The van der Waals surface area contributed by atoms with Crippen molar-refractivity contribution in [3.63, 3.8) is 0 Å². The Morgan fingerprint density at radius 3 is 2.12 bits per heavy atom. The van der Waals surface area contributed by atoms with Gasteiger partial charge in [0.05, 0.1) is 5.69 Å². The average Bonchev–Trinajstić information content (AvgIpc) is 3.09. The van der Waals surface area contributed by atoms with Crippen molar-refractivity contribution in [3.8, 4) is 5.75 Å². The third-order valence-corrected chi connectivity index (χ3v) is 5.87. The molecule has 9 nitrogen and oxygen atoms in total. The summed E-state index contributed by atoms with van der Waals surface area (Å²) in [5.41, 5.74) is 0.482. The second-order valence-electron chi connectivity index (χ2n) is 7.38. The van der Waals surface area contributed by atoms with Gasteiger partial charge in [-0.25, -0.2) is 0 Å². The summed E-state index contributed by atoms with van der Waals surface area (Å²) in [7, 11) is -4.32. The average molecular weight is 492 g/mol. The van der Waals surface area contributed by atoms with E-state index in [1.165, 1.54) is 39.0 Å². The molecule has 11 heteroatoms. The largest absolute Gasteiger partial charge is 0.439 e. The molecule has 1 N–H and O–H groups in total. The van der Waals surface area contributed by atoms with Gasteiger partial charge in [-0.05, 0) is 49.3 Å². The summed E-state index contributed by atoms with van der Waals surface area (Å²) < 4.78 is 37.9. The van der Waals surface area contributed by atoms with Gasteiger partial charge in [0.25, 0.3) is 21.9 Å². The molecule has 1 saturated heterocycles. The maximum atomic E-state index is 12.8. The highest BCUT2D eigenvalue weighted by Crippen LogP contribution is 2.38. The zero-order valence-electron chi connectivity index (χ0n) is 18.3. The number of rotatable bonds is 8. The van der Waals surface area contributed by atoms with E-state index in [9.17, 15) is 22.6 Å². The van der Waals surface area contributed by atoms with Crippen molar-refractivity contribution >= 4 is 45.0 Å². The number of allylic oxidation sites excluding steroid dienone is 4. The van der Waals surface area contributed by atoms with E-state index in [0.29, 0.717) is 37.4 Å². The smallest absolute Gasteiger partial charge is 0.283 e. The van der Waals surface area contributed by atoms with Crippen LogP contribution < -0.4 is 9.64 Å². The summed E-state index contributed by atoms with van der Waals surface area (Å²) >= 11 is 5.35. The quantitative estimate of drug-likeness (QED) is 0.256. The van der Waals surface area contributed by atoms with Crippen molar-refractivity contribution in [3.05, 3.63) is 60.0 Å². The molecule has 176 valence electrons. The van der Waals surface area contributed by atoms with Crippen LogP contribution in [0.2, 0.25) is 0 Å². The standard InChI is InChI=1S/C22H25N3O6S2/c1-3-13-23-20(26)16(21(27)24(14-4-2)22(23)32)9-5-8-12-19-25(15-33(28,29)30)17-10-6-7-11-18(17)31-19/h5-12H,3-4,13-15H2,1-2H3,(H,28,29,30). The van der Waals surface area contributed by atoms with Crippen molar-refractivity contribution in [2.24, 2.45) is 0 Å². The first-order valence-corrected chi connectivity index (χ1v) is 12.5. The molecule has 2 aliphatic rings. The van der Waals surface area contributed by atoms with Crippen LogP contribution in [-0.4, -0.2) is 58.7 Å². The van der Waals surface area contributed by atoms with E-state index in [1.807, 2.05) is 13.8 Å². The molecular formula is C22H25N3O6S2. The molecule has 33 heavy (non-hydrogen) atoms. The van der Waals surface area contributed by atoms with Gasteiger partial charge < -0.3 is 4.74 Å². The number of amides is 2. The van der Waals surface area contributed by atoms with Crippen molar-refractivity contribution in [1.82, 2.24) is 9.80 Å². The van der Waals surface area contributed by atoms with Crippen LogP contribution in [0.15, 0.2) is 60.0 Å². The zero-order valence-corrected chi connectivity index (χ0v) is 19.9. The Morgan fingerprint density at radius 1 is 0.970 bits per heavy atom. The summed E-state index contributed by atoms with van der Waals surface area (Å²) in [4.78, 5) is 29.8. The fourth-order valence-electron chi connectivity index (χ4n) is 3.45. The maximum Gasteiger partial charge on any atom is 0.283 e. The van der Waals surface area contributed by atoms with Gasteiger partial charge in [0, 0.05) is 13.1 Å². The highest BCUT2D eigenvalue weighted by molar-refractivity contribution is 7.85. The number of carbonyl (C=O) groups is 2. The van der Waals surface area contributed by atoms with Crippen molar-refractivity contribution in [1.29, 1.82) is 0 Å². The van der Waals surface area contributed by atoms with Gasteiger partial charge in [-0.15, -0.1) is 0 Å². The van der Waals surface area contributed by atoms with Gasteiger partial charge >= 0.3 is 0 Å². The second-order valence-corrected chi connectivity index (χ2v) is 9.16. The van der Waals surface area contributed by atoms with E-state index >= 15 is 0 Å². The third-order valence-electron chi connectivity index (χ3n) is 4.85. The molecular weight excluding hydrogens is 466 g/mol. The second kappa shape index (κ2) is 10.3. The van der Waals surface area contributed by atoms with Crippen molar-refractivity contribution in [2.75, 3.05) is 23.9 Å². The molecule has 0 bridgehead atoms. The van der Waals surface area contributed by atoms with Gasteiger partial charge in [-0.2, -0.15) is 8.42 Å². The lowest BCUT2D eigenvalue weighted by Crippen LogP contribution is -2.56. The zero-order chi connectivity index (χ0) is 24.2. The number of nitrogens with zero attached hydrogens (tertiary/aromatic N) is 3. The number of thiocarbonyl (C=S) groups is 1.